The molecular weight excluding hydrogens is 302 g/mol. The van der Waals surface area contributed by atoms with Crippen LogP contribution in [-0.2, 0) is 25.7 Å². The van der Waals surface area contributed by atoms with Crippen molar-refractivity contribution in [3.05, 3.63) is 39.4 Å². The van der Waals surface area contributed by atoms with Crippen molar-refractivity contribution in [1.29, 1.82) is 0 Å². The summed E-state index contributed by atoms with van der Waals surface area (Å²) in [5.41, 5.74) is 1.19. The highest BCUT2D eigenvalue weighted by atomic mass is 16.6. The Kier molecular flexibility index (Phi) is 7.73. The highest BCUT2D eigenvalue weighted by molar-refractivity contribution is 5.77. The van der Waals surface area contributed by atoms with Crippen LogP contribution in [-0.4, -0.2) is 23.5 Å². The Hall–Kier alpha value is -2.44. The molecule has 1 aromatic carbocycles. The van der Waals surface area contributed by atoms with Crippen LogP contribution in [0.2, 0.25) is 0 Å². The molecule has 23 heavy (non-hydrogen) atoms. The van der Waals surface area contributed by atoms with Gasteiger partial charge in [0, 0.05) is 11.6 Å². The van der Waals surface area contributed by atoms with Gasteiger partial charge >= 0.3 is 11.9 Å². The molecular formula is C16H21NO6. The quantitative estimate of drug-likeness (QED) is 0.300. The van der Waals surface area contributed by atoms with Crippen molar-refractivity contribution in [3.63, 3.8) is 0 Å². The van der Waals surface area contributed by atoms with Gasteiger partial charge in [-0.25, -0.2) is 0 Å². The largest absolute Gasteiger partial charge is 0.466 e. The first-order valence-electron chi connectivity index (χ1n) is 7.49. The molecule has 0 aliphatic rings. The normalized spacial score (nSPS) is 10.2. The standard InChI is InChI=1S/C16H21NO6/c1-3-4-9-22-15(18)7-8-16(19)23-11-13-5-6-14(17(20)21)12(2)10-13/h5-6,10H,3-4,7-9,11H2,1-2H3. The molecule has 0 aromatic heterocycles. The number of aryl methyl sites for hydroxylation is 1. The van der Waals surface area contributed by atoms with Crippen LogP contribution in [0.15, 0.2) is 18.2 Å². The minimum Gasteiger partial charge on any atom is -0.466 e. The van der Waals surface area contributed by atoms with Crippen LogP contribution in [0.25, 0.3) is 0 Å². The van der Waals surface area contributed by atoms with E-state index in [0.717, 1.165) is 12.8 Å². The van der Waals surface area contributed by atoms with E-state index >= 15 is 0 Å². The number of carbonyl (C=O) groups is 2. The van der Waals surface area contributed by atoms with Crippen molar-refractivity contribution in [2.24, 2.45) is 0 Å². The molecule has 0 atom stereocenters. The van der Waals surface area contributed by atoms with E-state index < -0.39 is 16.9 Å². The van der Waals surface area contributed by atoms with Crippen molar-refractivity contribution in [3.8, 4) is 0 Å². The van der Waals surface area contributed by atoms with E-state index in [9.17, 15) is 19.7 Å². The second-order valence-electron chi connectivity index (χ2n) is 5.11. The zero-order valence-electron chi connectivity index (χ0n) is 13.4. The number of ether oxygens (including phenoxy) is 2. The molecule has 1 aromatic rings. The highest BCUT2D eigenvalue weighted by Crippen LogP contribution is 2.19. The second-order valence-corrected chi connectivity index (χ2v) is 5.11. The minimum absolute atomic E-state index is 0.0121. The zero-order chi connectivity index (χ0) is 17.2. The molecule has 0 N–H and O–H groups in total. The lowest BCUT2D eigenvalue weighted by Crippen LogP contribution is -2.11. The van der Waals surface area contributed by atoms with Crippen LogP contribution in [0.5, 0.6) is 0 Å². The van der Waals surface area contributed by atoms with Gasteiger partial charge in [0.25, 0.3) is 5.69 Å². The average molecular weight is 323 g/mol. The predicted octanol–water partition coefficient (Wildman–Crippen LogP) is 3.07. The Labute approximate surface area is 134 Å². The topological polar surface area (TPSA) is 95.7 Å². The van der Waals surface area contributed by atoms with Crippen molar-refractivity contribution in [2.75, 3.05) is 6.61 Å². The Morgan fingerprint density at radius 2 is 1.83 bits per heavy atom. The third-order valence-electron chi connectivity index (χ3n) is 3.15. The summed E-state index contributed by atoms with van der Waals surface area (Å²) in [6.07, 6.45) is 1.68. The fourth-order valence-corrected chi connectivity index (χ4v) is 1.85. The van der Waals surface area contributed by atoms with Gasteiger partial charge in [0.2, 0.25) is 0 Å². The number of nitro benzene ring substituents is 1. The zero-order valence-corrected chi connectivity index (χ0v) is 13.4. The number of rotatable bonds is 9. The van der Waals surface area contributed by atoms with Gasteiger partial charge in [-0.2, -0.15) is 0 Å². The van der Waals surface area contributed by atoms with E-state index in [1.165, 1.54) is 12.1 Å². The van der Waals surface area contributed by atoms with Crippen LogP contribution in [0.1, 0.15) is 43.7 Å². The molecule has 7 nitrogen and oxygen atoms in total. The predicted molar refractivity (Wildman–Crippen MR) is 82.7 cm³/mol. The van der Waals surface area contributed by atoms with Gasteiger partial charge in [-0.1, -0.05) is 13.3 Å². The Bertz CT molecular complexity index is 570. The van der Waals surface area contributed by atoms with Gasteiger partial charge < -0.3 is 9.47 Å². The summed E-state index contributed by atoms with van der Waals surface area (Å²) in [4.78, 5) is 33.2. The Morgan fingerprint density at radius 1 is 1.17 bits per heavy atom. The molecule has 0 aliphatic heterocycles. The summed E-state index contributed by atoms with van der Waals surface area (Å²) < 4.78 is 9.98. The molecule has 0 bridgehead atoms. The summed E-state index contributed by atoms with van der Waals surface area (Å²) >= 11 is 0. The second kappa shape index (κ2) is 9.55. The van der Waals surface area contributed by atoms with E-state index in [4.69, 9.17) is 9.47 Å². The first kappa shape index (κ1) is 18.6. The van der Waals surface area contributed by atoms with Crippen molar-refractivity contribution in [1.82, 2.24) is 0 Å². The van der Waals surface area contributed by atoms with Crippen LogP contribution in [0.3, 0.4) is 0 Å². The SMILES string of the molecule is CCCCOC(=O)CCC(=O)OCc1ccc([N+](=O)[O-])c(C)c1. The first-order valence-corrected chi connectivity index (χ1v) is 7.49. The third-order valence-corrected chi connectivity index (χ3v) is 3.15. The molecule has 0 aliphatic carbocycles. The van der Waals surface area contributed by atoms with Crippen LogP contribution in [0, 0.1) is 17.0 Å². The number of hydrogen-bond acceptors (Lipinski definition) is 6. The van der Waals surface area contributed by atoms with E-state index in [-0.39, 0.29) is 25.1 Å². The molecule has 7 heteroatoms. The van der Waals surface area contributed by atoms with Gasteiger partial charge in [0.05, 0.1) is 24.4 Å². The first-order chi connectivity index (χ1) is 10.9. The lowest BCUT2D eigenvalue weighted by atomic mass is 10.1. The summed E-state index contributed by atoms with van der Waals surface area (Å²) in [5.74, 6) is -0.921. The van der Waals surface area contributed by atoms with Gasteiger partial charge in [-0.3, -0.25) is 19.7 Å². The molecule has 1 rings (SSSR count). The molecule has 0 saturated carbocycles. The summed E-state index contributed by atoms with van der Waals surface area (Å²) in [7, 11) is 0. The van der Waals surface area contributed by atoms with Crippen molar-refractivity contribution >= 4 is 17.6 Å². The maximum atomic E-state index is 11.6. The van der Waals surface area contributed by atoms with Crippen LogP contribution < -0.4 is 0 Å². The fraction of sp³-hybridized carbons (Fsp3) is 0.500. The molecule has 0 radical (unpaired) electrons. The third kappa shape index (κ3) is 6.90. The number of carbonyl (C=O) groups excluding carboxylic acids is 2. The van der Waals surface area contributed by atoms with Crippen molar-refractivity contribution in [2.45, 2.75) is 46.1 Å². The smallest absolute Gasteiger partial charge is 0.306 e. The summed E-state index contributed by atoms with van der Waals surface area (Å²) in [5, 5.41) is 10.7. The number of unbranched alkanes of at least 4 members (excludes halogenated alkanes) is 1. The number of nitrogens with zero attached hydrogens (tertiary/aromatic N) is 1. The Morgan fingerprint density at radius 3 is 2.39 bits per heavy atom. The summed E-state index contributed by atoms with van der Waals surface area (Å²) in [6, 6.07) is 4.52. The van der Waals surface area contributed by atoms with E-state index in [0.29, 0.717) is 17.7 Å². The highest BCUT2D eigenvalue weighted by Gasteiger charge is 2.12. The fourth-order valence-electron chi connectivity index (χ4n) is 1.85. The van der Waals surface area contributed by atoms with Crippen molar-refractivity contribution < 1.29 is 24.0 Å². The molecule has 0 amide bonds. The molecule has 0 unspecified atom stereocenters. The number of hydrogen-bond donors (Lipinski definition) is 0. The Balaban J connectivity index is 2.34. The number of benzene rings is 1. The van der Waals surface area contributed by atoms with Gasteiger partial charge in [0.15, 0.2) is 0 Å². The van der Waals surface area contributed by atoms with Gasteiger partial charge in [0.1, 0.15) is 6.61 Å². The van der Waals surface area contributed by atoms with Gasteiger partial charge in [-0.15, -0.1) is 0 Å². The molecule has 0 saturated heterocycles. The van der Waals surface area contributed by atoms with E-state index in [1.54, 1.807) is 13.0 Å². The average Bonchev–Trinajstić information content (AvgIpc) is 2.51. The maximum Gasteiger partial charge on any atom is 0.306 e. The number of esters is 2. The molecule has 126 valence electrons. The van der Waals surface area contributed by atoms with E-state index in [2.05, 4.69) is 0 Å². The molecule has 0 heterocycles. The lowest BCUT2D eigenvalue weighted by Gasteiger charge is -2.06. The van der Waals surface area contributed by atoms with Gasteiger partial charge in [-0.05, 0) is 31.0 Å². The molecule has 0 spiro atoms. The van der Waals surface area contributed by atoms with Crippen LogP contribution in [0.4, 0.5) is 5.69 Å². The maximum absolute atomic E-state index is 11.6. The lowest BCUT2D eigenvalue weighted by molar-refractivity contribution is -0.385. The molecule has 0 fully saturated rings. The summed E-state index contributed by atoms with van der Waals surface area (Å²) in [6.45, 7) is 4.00. The van der Waals surface area contributed by atoms with Crippen LogP contribution >= 0.6 is 0 Å². The minimum atomic E-state index is -0.506. The monoisotopic (exact) mass is 323 g/mol. The van der Waals surface area contributed by atoms with E-state index in [1.807, 2.05) is 6.92 Å². The number of nitro groups is 1.